The van der Waals surface area contributed by atoms with Crippen LogP contribution in [-0.2, 0) is 22.0 Å². The summed E-state index contributed by atoms with van der Waals surface area (Å²) in [6, 6.07) is 14.9. The maximum atomic E-state index is 12.7. The molecular weight excluding hydrogens is 390 g/mol. The third-order valence-electron chi connectivity index (χ3n) is 4.63. The van der Waals surface area contributed by atoms with E-state index < -0.39 is 15.7 Å². The van der Waals surface area contributed by atoms with Crippen molar-refractivity contribution in [1.82, 2.24) is 15.3 Å². The molecule has 0 atom stereocenters. The molecule has 7 nitrogen and oxygen atoms in total. The van der Waals surface area contributed by atoms with Crippen molar-refractivity contribution in [3.05, 3.63) is 65.7 Å². The molecule has 2 N–H and O–H groups in total. The monoisotopic (exact) mass is 411 g/mol. The van der Waals surface area contributed by atoms with Crippen LogP contribution in [-0.4, -0.2) is 37.1 Å². The number of benzene rings is 2. The summed E-state index contributed by atoms with van der Waals surface area (Å²) >= 11 is 0. The third kappa shape index (κ3) is 4.32. The number of carbonyl (C=O) groups is 1. The summed E-state index contributed by atoms with van der Waals surface area (Å²) in [6.45, 7) is 0.422. The van der Waals surface area contributed by atoms with Crippen molar-refractivity contribution in [2.75, 3.05) is 12.8 Å². The lowest BCUT2D eigenvalue weighted by atomic mass is 10.1. The molecule has 0 aliphatic carbocycles. The van der Waals surface area contributed by atoms with Crippen LogP contribution in [0.25, 0.3) is 22.0 Å². The molecule has 1 amide bonds. The average molecular weight is 411 g/mol. The van der Waals surface area contributed by atoms with Gasteiger partial charge in [0.25, 0.3) is 5.91 Å². The SMILES string of the molecule is CS(=O)(=O)Cc1c(C(=O)NCCCc2nc3ccccc3[nH]2)oc2ccccc12. The first kappa shape index (κ1) is 19.2. The van der Waals surface area contributed by atoms with Crippen molar-refractivity contribution in [2.45, 2.75) is 18.6 Å². The van der Waals surface area contributed by atoms with Crippen LogP contribution in [0, 0.1) is 0 Å². The lowest BCUT2D eigenvalue weighted by Crippen LogP contribution is -2.25. The van der Waals surface area contributed by atoms with Crippen molar-refractivity contribution >= 4 is 37.7 Å². The van der Waals surface area contributed by atoms with Crippen LogP contribution >= 0.6 is 0 Å². The summed E-state index contributed by atoms with van der Waals surface area (Å²) in [7, 11) is -3.32. The van der Waals surface area contributed by atoms with Crippen molar-refractivity contribution in [3.63, 3.8) is 0 Å². The number of rotatable bonds is 7. The highest BCUT2D eigenvalue weighted by molar-refractivity contribution is 7.89. The molecule has 4 rings (SSSR count). The van der Waals surface area contributed by atoms with Crippen molar-refractivity contribution in [1.29, 1.82) is 0 Å². The van der Waals surface area contributed by atoms with Crippen LogP contribution < -0.4 is 5.32 Å². The van der Waals surface area contributed by atoms with E-state index in [1.165, 1.54) is 0 Å². The van der Waals surface area contributed by atoms with Gasteiger partial charge in [0.2, 0.25) is 0 Å². The number of aromatic amines is 1. The molecule has 0 bridgehead atoms. The van der Waals surface area contributed by atoms with E-state index in [0.29, 0.717) is 35.9 Å². The highest BCUT2D eigenvalue weighted by Gasteiger charge is 2.23. The van der Waals surface area contributed by atoms with Gasteiger partial charge in [-0.15, -0.1) is 0 Å². The number of nitrogens with one attached hydrogen (secondary N) is 2. The van der Waals surface area contributed by atoms with Crippen molar-refractivity contribution < 1.29 is 17.6 Å². The summed E-state index contributed by atoms with van der Waals surface area (Å²) in [6.07, 6.45) is 2.52. The number of H-pyrrole nitrogens is 1. The first-order valence-electron chi connectivity index (χ1n) is 9.31. The Morgan fingerprint density at radius 1 is 1.14 bits per heavy atom. The lowest BCUT2D eigenvalue weighted by molar-refractivity contribution is 0.0926. The number of amides is 1. The number of hydrogen-bond acceptors (Lipinski definition) is 5. The van der Waals surface area contributed by atoms with E-state index in [0.717, 1.165) is 23.1 Å². The Hall–Kier alpha value is -3.13. The van der Waals surface area contributed by atoms with Crippen LogP contribution in [0.3, 0.4) is 0 Å². The molecular formula is C21H21N3O4S. The Bertz CT molecular complexity index is 1250. The molecule has 0 aliphatic rings. The molecule has 0 fully saturated rings. The van der Waals surface area contributed by atoms with Gasteiger partial charge in [0.05, 0.1) is 16.8 Å². The Labute approximate surface area is 168 Å². The fraction of sp³-hybridized carbons (Fsp3) is 0.238. The van der Waals surface area contributed by atoms with Gasteiger partial charge < -0.3 is 14.7 Å². The van der Waals surface area contributed by atoms with Crippen LogP contribution in [0.5, 0.6) is 0 Å². The smallest absolute Gasteiger partial charge is 0.287 e. The highest BCUT2D eigenvalue weighted by atomic mass is 32.2. The van der Waals surface area contributed by atoms with E-state index in [9.17, 15) is 13.2 Å². The molecule has 0 saturated heterocycles. The number of nitrogens with zero attached hydrogens (tertiary/aromatic N) is 1. The minimum atomic E-state index is -3.32. The van der Waals surface area contributed by atoms with Crippen LogP contribution in [0.4, 0.5) is 0 Å². The van der Waals surface area contributed by atoms with Gasteiger partial charge >= 0.3 is 0 Å². The van der Waals surface area contributed by atoms with Crippen LogP contribution in [0.15, 0.2) is 52.9 Å². The number of para-hydroxylation sites is 3. The summed E-state index contributed by atoms with van der Waals surface area (Å²) < 4.78 is 29.3. The fourth-order valence-corrected chi connectivity index (χ4v) is 4.16. The van der Waals surface area contributed by atoms with Crippen LogP contribution in [0.1, 0.15) is 28.4 Å². The van der Waals surface area contributed by atoms with E-state index in [4.69, 9.17) is 4.42 Å². The largest absolute Gasteiger partial charge is 0.451 e. The van der Waals surface area contributed by atoms with Crippen LogP contribution in [0.2, 0.25) is 0 Å². The predicted octanol–water partition coefficient (Wildman–Crippen LogP) is 3.22. The van der Waals surface area contributed by atoms with Gasteiger partial charge in [0.15, 0.2) is 15.6 Å². The summed E-state index contributed by atoms with van der Waals surface area (Å²) in [5.41, 5.74) is 2.80. The van der Waals surface area contributed by atoms with E-state index >= 15 is 0 Å². The van der Waals surface area contributed by atoms with Gasteiger partial charge in [0, 0.05) is 30.2 Å². The molecule has 0 unspecified atom stereocenters. The van der Waals surface area contributed by atoms with Crippen molar-refractivity contribution in [2.24, 2.45) is 0 Å². The normalized spacial score (nSPS) is 11.9. The molecule has 29 heavy (non-hydrogen) atoms. The topological polar surface area (TPSA) is 105 Å². The Morgan fingerprint density at radius 3 is 2.69 bits per heavy atom. The zero-order chi connectivity index (χ0) is 20.4. The molecule has 0 spiro atoms. The first-order chi connectivity index (χ1) is 13.9. The predicted molar refractivity (Wildman–Crippen MR) is 112 cm³/mol. The molecule has 4 aromatic rings. The average Bonchev–Trinajstić information content (AvgIpc) is 3.25. The second-order valence-corrected chi connectivity index (χ2v) is 9.18. The van der Waals surface area contributed by atoms with Gasteiger partial charge in [-0.1, -0.05) is 30.3 Å². The van der Waals surface area contributed by atoms with Gasteiger partial charge in [-0.3, -0.25) is 4.79 Å². The third-order valence-corrected chi connectivity index (χ3v) is 5.44. The Kier molecular flexibility index (Phi) is 5.10. The minimum Gasteiger partial charge on any atom is -0.451 e. The molecule has 2 aromatic heterocycles. The number of furan rings is 1. The van der Waals surface area contributed by atoms with E-state index in [-0.39, 0.29) is 11.5 Å². The number of fused-ring (bicyclic) bond motifs is 2. The molecule has 150 valence electrons. The molecule has 0 saturated carbocycles. The summed E-state index contributed by atoms with van der Waals surface area (Å²) in [5.74, 6) is 0.262. The molecule has 0 radical (unpaired) electrons. The minimum absolute atomic E-state index is 0.0559. The van der Waals surface area contributed by atoms with E-state index in [1.54, 1.807) is 24.3 Å². The highest BCUT2D eigenvalue weighted by Crippen LogP contribution is 2.27. The number of sulfone groups is 1. The summed E-state index contributed by atoms with van der Waals surface area (Å²) in [4.78, 5) is 20.4. The number of hydrogen-bond donors (Lipinski definition) is 2. The standard InChI is InChI=1S/C21H21N3O4S/c1-29(26,27)13-15-14-7-2-5-10-18(14)28-20(15)21(25)22-12-6-11-19-23-16-8-3-4-9-17(16)24-19/h2-5,7-10H,6,11-13H2,1H3,(H,22,25)(H,23,24). The maximum absolute atomic E-state index is 12.7. The maximum Gasteiger partial charge on any atom is 0.287 e. The second kappa shape index (κ2) is 7.71. The molecule has 8 heteroatoms. The van der Waals surface area contributed by atoms with E-state index in [1.807, 2.05) is 24.3 Å². The quantitative estimate of drug-likeness (QED) is 0.454. The van der Waals surface area contributed by atoms with Gasteiger partial charge in [-0.05, 0) is 24.6 Å². The van der Waals surface area contributed by atoms with E-state index in [2.05, 4.69) is 15.3 Å². The molecule has 2 aromatic carbocycles. The Balaban J connectivity index is 1.44. The first-order valence-corrected chi connectivity index (χ1v) is 11.4. The van der Waals surface area contributed by atoms with Gasteiger partial charge in [-0.25, -0.2) is 13.4 Å². The Morgan fingerprint density at radius 2 is 1.90 bits per heavy atom. The second-order valence-electron chi connectivity index (χ2n) is 7.04. The number of aromatic nitrogens is 2. The number of carbonyl (C=O) groups excluding carboxylic acids is 1. The lowest BCUT2D eigenvalue weighted by Gasteiger charge is -2.05. The van der Waals surface area contributed by atoms with Gasteiger partial charge in [0.1, 0.15) is 11.4 Å². The fourth-order valence-electron chi connectivity index (χ4n) is 3.35. The number of aryl methyl sites for hydroxylation is 1. The zero-order valence-corrected chi connectivity index (χ0v) is 16.8. The number of imidazole rings is 1. The summed E-state index contributed by atoms with van der Waals surface area (Å²) in [5, 5.41) is 3.46. The molecule has 0 aliphatic heterocycles. The zero-order valence-electron chi connectivity index (χ0n) is 15.9. The van der Waals surface area contributed by atoms with Crippen molar-refractivity contribution in [3.8, 4) is 0 Å². The molecule has 2 heterocycles. The van der Waals surface area contributed by atoms with Gasteiger partial charge in [-0.2, -0.15) is 0 Å².